The van der Waals surface area contributed by atoms with E-state index in [1.165, 1.54) is 6.42 Å². The number of rotatable bonds is 5. The molecule has 0 spiro atoms. The predicted molar refractivity (Wildman–Crippen MR) is 68.0 cm³/mol. The second kappa shape index (κ2) is 5.65. The molecule has 4 nitrogen and oxygen atoms in total. The van der Waals surface area contributed by atoms with Gasteiger partial charge < -0.3 is 15.2 Å². The molecule has 0 aromatic carbocycles. The summed E-state index contributed by atoms with van der Waals surface area (Å²) in [6, 6.07) is 0.351. The van der Waals surface area contributed by atoms with Crippen LogP contribution in [-0.2, 0) is 4.74 Å². The van der Waals surface area contributed by atoms with Crippen LogP contribution in [0.15, 0.2) is 0 Å². The summed E-state index contributed by atoms with van der Waals surface area (Å²) in [7, 11) is 2.01. The van der Waals surface area contributed by atoms with Crippen molar-refractivity contribution in [3.8, 4) is 0 Å². The molecule has 3 atom stereocenters. The molecule has 0 radical (unpaired) electrons. The van der Waals surface area contributed by atoms with Gasteiger partial charge in [-0.3, -0.25) is 4.90 Å². The Morgan fingerprint density at radius 3 is 2.94 bits per heavy atom. The summed E-state index contributed by atoms with van der Waals surface area (Å²) in [6.45, 7) is 7.47. The predicted octanol–water partition coefficient (Wildman–Crippen LogP) is 0.315. The summed E-state index contributed by atoms with van der Waals surface area (Å²) in [5, 5.41) is 12.8. The SMILES string of the molecule is CNCC1(CN2CCC(C)C2CO)CCOC1. The van der Waals surface area contributed by atoms with Gasteiger partial charge in [0.2, 0.25) is 0 Å². The minimum Gasteiger partial charge on any atom is -0.395 e. The van der Waals surface area contributed by atoms with E-state index in [0.29, 0.717) is 12.0 Å². The Morgan fingerprint density at radius 1 is 1.53 bits per heavy atom. The van der Waals surface area contributed by atoms with E-state index in [1.807, 2.05) is 7.05 Å². The van der Waals surface area contributed by atoms with Crippen LogP contribution < -0.4 is 5.32 Å². The van der Waals surface area contributed by atoms with Gasteiger partial charge in [-0.05, 0) is 32.4 Å². The van der Waals surface area contributed by atoms with E-state index < -0.39 is 0 Å². The molecule has 0 amide bonds. The second-order valence-electron chi connectivity index (χ2n) is 5.82. The third-order valence-electron chi connectivity index (χ3n) is 4.46. The minimum absolute atomic E-state index is 0.256. The van der Waals surface area contributed by atoms with E-state index in [1.54, 1.807) is 0 Å². The van der Waals surface area contributed by atoms with Crippen molar-refractivity contribution in [3.05, 3.63) is 0 Å². The number of hydrogen-bond donors (Lipinski definition) is 2. The topological polar surface area (TPSA) is 44.7 Å². The lowest BCUT2D eigenvalue weighted by Crippen LogP contribution is -2.47. The van der Waals surface area contributed by atoms with Gasteiger partial charge in [-0.15, -0.1) is 0 Å². The number of nitrogens with one attached hydrogen (secondary N) is 1. The van der Waals surface area contributed by atoms with Crippen molar-refractivity contribution < 1.29 is 9.84 Å². The summed E-state index contributed by atoms with van der Waals surface area (Å²) in [6.07, 6.45) is 2.35. The van der Waals surface area contributed by atoms with Crippen LogP contribution in [0.5, 0.6) is 0 Å². The normalized spacial score (nSPS) is 39.0. The third kappa shape index (κ3) is 2.81. The van der Waals surface area contributed by atoms with E-state index in [-0.39, 0.29) is 12.0 Å². The summed E-state index contributed by atoms with van der Waals surface area (Å²) < 4.78 is 5.59. The van der Waals surface area contributed by atoms with Gasteiger partial charge >= 0.3 is 0 Å². The molecular formula is C13H26N2O2. The van der Waals surface area contributed by atoms with Crippen LogP contribution in [0, 0.1) is 11.3 Å². The Bertz CT molecular complexity index is 242. The highest BCUT2D eigenvalue weighted by Crippen LogP contribution is 2.33. The van der Waals surface area contributed by atoms with Crippen molar-refractivity contribution in [1.29, 1.82) is 0 Å². The number of hydrogen-bond acceptors (Lipinski definition) is 4. The number of nitrogens with zero attached hydrogens (tertiary/aromatic N) is 1. The molecule has 0 saturated carbocycles. The van der Waals surface area contributed by atoms with Crippen molar-refractivity contribution in [3.63, 3.8) is 0 Å². The standard InChI is InChI=1S/C13H26N2O2/c1-11-3-5-15(12(11)7-16)9-13(8-14-2)4-6-17-10-13/h11-12,14,16H,3-10H2,1-2H3. The summed E-state index contributed by atoms with van der Waals surface area (Å²) in [5.74, 6) is 0.619. The maximum atomic E-state index is 9.51. The number of likely N-dealkylation sites (tertiary alicyclic amines) is 1. The fourth-order valence-electron chi connectivity index (χ4n) is 3.35. The van der Waals surface area contributed by atoms with Gasteiger partial charge in [-0.1, -0.05) is 6.92 Å². The van der Waals surface area contributed by atoms with E-state index in [9.17, 15) is 5.11 Å². The molecule has 2 N–H and O–H groups in total. The zero-order valence-corrected chi connectivity index (χ0v) is 11.1. The van der Waals surface area contributed by atoms with Gasteiger partial charge in [0.1, 0.15) is 0 Å². The smallest absolute Gasteiger partial charge is 0.0589 e. The highest BCUT2D eigenvalue weighted by Gasteiger charge is 2.40. The zero-order valence-electron chi connectivity index (χ0n) is 11.1. The molecule has 0 aliphatic carbocycles. The lowest BCUT2D eigenvalue weighted by molar-refractivity contribution is 0.0757. The van der Waals surface area contributed by atoms with Gasteiger partial charge in [0.05, 0.1) is 13.2 Å². The molecule has 0 aromatic heterocycles. The number of ether oxygens (including phenoxy) is 1. The van der Waals surface area contributed by atoms with Crippen LogP contribution in [0.4, 0.5) is 0 Å². The molecular weight excluding hydrogens is 216 g/mol. The molecule has 0 bridgehead atoms. The average Bonchev–Trinajstić information content (AvgIpc) is 2.88. The van der Waals surface area contributed by atoms with E-state index in [4.69, 9.17) is 4.74 Å². The largest absolute Gasteiger partial charge is 0.395 e. The average molecular weight is 242 g/mol. The first-order chi connectivity index (χ1) is 8.21. The molecule has 3 unspecified atom stereocenters. The maximum absolute atomic E-state index is 9.51. The Balaban J connectivity index is 1.98. The van der Waals surface area contributed by atoms with Crippen molar-refractivity contribution in [2.45, 2.75) is 25.8 Å². The number of aliphatic hydroxyl groups excluding tert-OH is 1. The quantitative estimate of drug-likeness (QED) is 0.728. The molecule has 2 saturated heterocycles. The van der Waals surface area contributed by atoms with E-state index >= 15 is 0 Å². The monoisotopic (exact) mass is 242 g/mol. The van der Waals surface area contributed by atoms with Gasteiger partial charge in [0.15, 0.2) is 0 Å². The highest BCUT2D eigenvalue weighted by atomic mass is 16.5. The number of aliphatic hydroxyl groups is 1. The van der Waals surface area contributed by atoms with Gasteiger partial charge in [-0.25, -0.2) is 0 Å². The summed E-state index contributed by atoms with van der Waals surface area (Å²) in [4.78, 5) is 2.47. The summed E-state index contributed by atoms with van der Waals surface area (Å²) >= 11 is 0. The second-order valence-corrected chi connectivity index (χ2v) is 5.82. The van der Waals surface area contributed by atoms with Crippen molar-refractivity contribution >= 4 is 0 Å². The first-order valence-corrected chi connectivity index (χ1v) is 6.78. The molecule has 2 rings (SSSR count). The molecule has 17 heavy (non-hydrogen) atoms. The fraction of sp³-hybridized carbons (Fsp3) is 1.00. The van der Waals surface area contributed by atoms with Crippen LogP contribution in [0.1, 0.15) is 19.8 Å². The van der Waals surface area contributed by atoms with Crippen molar-refractivity contribution in [1.82, 2.24) is 10.2 Å². The maximum Gasteiger partial charge on any atom is 0.0589 e. The van der Waals surface area contributed by atoms with Crippen molar-refractivity contribution in [2.24, 2.45) is 11.3 Å². The van der Waals surface area contributed by atoms with Crippen molar-refractivity contribution in [2.75, 3.05) is 46.5 Å². The van der Waals surface area contributed by atoms with E-state index in [2.05, 4.69) is 17.1 Å². The molecule has 100 valence electrons. The molecule has 2 aliphatic heterocycles. The van der Waals surface area contributed by atoms with Crippen LogP contribution in [0.3, 0.4) is 0 Å². The fourth-order valence-corrected chi connectivity index (χ4v) is 3.35. The minimum atomic E-state index is 0.256. The Hall–Kier alpha value is -0.160. The first-order valence-electron chi connectivity index (χ1n) is 6.78. The van der Waals surface area contributed by atoms with Crippen LogP contribution in [0.2, 0.25) is 0 Å². The van der Waals surface area contributed by atoms with Gasteiger partial charge in [-0.2, -0.15) is 0 Å². The molecule has 2 fully saturated rings. The lowest BCUT2D eigenvalue weighted by atomic mass is 9.86. The van der Waals surface area contributed by atoms with Gasteiger partial charge in [0, 0.05) is 31.2 Å². The zero-order chi connectivity index (χ0) is 12.3. The Labute approximate surface area is 104 Å². The highest BCUT2D eigenvalue weighted by molar-refractivity contribution is 4.93. The first kappa shape index (κ1) is 13.3. The Morgan fingerprint density at radius 2 is 2.35 bits per heavy atom. The Kier molecular flexibility index (Phi) is 4.42. The molecule has 4 heteroatoms. The third-order valence-corrected chi connectivity index (χ3v) is 4.46. The lowest BCUT2D eigenvalue weighted by Gasteiger charge is -2.35. The molecule has 2 heterocycles. The van der Waals surface area contributed by atoms with Crippen LogP contribution in [-0.4, -0.2) is 62.6 Å². The van der Waals surface area contributed by atoms with Crippen LogP contribution in [0.25, 0.3) is 0 Å². The summed E-state index contributed by atoms with van der Waals surface area (Å²) in [5.41, 5.74) is 0.256. The van der Waals surface area contributed by atoms with Crippen LogP contribution >= 0.6 is 0 Å². The molecule has 2 aliphatic rings. The molecule has 0 aromatic rings. The van der Waals surface area contributed by atoms with Gasteiger partial charge in [0.25, 0.3) is 0 Å². The van der Waals surface area contributed by atoms with E-state index in [0.717, 1.165) is 39.3 Å².